The molecule has 0 aliphatic carbocycles. The summed E-state index contributed by atoms with van der Waals surface area (Å²) in [4.78, 5) is 15.3. The van der Waals surface area contributed by atoms with Crippen molar-refractivity contribution in [2.45, 2.75) is 62.9 Å². The molecule has 4 heteroatoms. The minimum absolute atomic E-state index is 0.0130. The first-order valence-electron chi connectivity index (χ1n) is 9.60. The van der Waals surface area contributed by atoms with Gasteiger partial charge in [-0.15, -0.1) is 6.58 Å². The zero-order chi connectivity index (χ0) is 17.2. The largest absolute Gasteiger partial charge is 0.375 e. The van der Waals surface area contributed by atoms with Crippen LogP contribution in [0.5, 0.6) is 0 Å². The maximum Gasteiger partial charge on any atom is 0.240 e. The molecule has 5 atom stereocenters. The number of benzene rings is 1. The molecule has 0 spiro atoms. The van der Waals surface area contributed by atoms with Crippen LogP contribution in [0, 0.1) is 5.92 Å². The monoisotopic (exact) mass is 340 g/mol. The van der Waals surface area contributed by atoms with E-state index in [4.69, 9.17) is 4.74 Å². The molecule has 3 saturated heterocycles. The lowest BCUT2D eigenvalue weighted by atomic mass is 9.85. The normalized spacial score (nSPS) is 34.5. The molecule has 0 radical (unpaired) electrons. The standard InChI is InChI=1S/C21H28N2O2/c1-2-17-18-9-6-10-19(22-18)21(24)23-16(11-12-20(17)23)14-25-13-15-7-4-3-5-8-15/h2-5,7-8,16-20,22H,1,6,9-14H2/t16-,17+,18-,19?,20-/m0/s1. The lowest BCUT2D eigenvalue weighted by Gasteiger charge is -2.33. The fraction of sp³-hybridized carbons (Fsp3) is 0.571. The van der Waals surface area contributed by atoms with E-state index in [0.29, 0.717) is 25.2 Å². The van der Waals surface area contributed by atoms with Gasteiger partial charge in [-0.1, -0.05) is 36.4 Å². The van der Waals surface area contributed by atoms with E-state index < -0.39 is 0 Å². The smallest absolute Gasteiger partial charge is 0.240 e. The van der Waals surface area contributed by atoms with E-state index in [1.165, 1.54) is 5.56 Å². The Hall–Kier alpha value is -1.65. The van der Waals surface area contributed by atoms with Gasteiger partial charge in [0.25, 0.3) is 0 Å². The molecule has 1 aromatic carbocycles. The Morgan fingerprint density at radius 2 is 2.04 bits per heavy atom. The lowest BCUT2D eigenvalue weighted by Crippen LogP contribution is -2.50. The first-order valence-corrected chi connectivity index (χ1v) is 9.60. The Labute approximate surface area is 150 Å². The van der Waals surface area contributed by atoms with E-state index in [1.807, 2.05) is 18.2 Å². The number of fused-ring (bicyclic) bond motifs is 3. The molecule has 2 bridgehead atoms. The molecule has 3 aliphatic heterocycles. The third-order valence-electron chi connectivity index (χ3n) is 6.12. The van der Waals surface area contributed by atoms with Gasteiger partial charge in [0, 0.05) is 18.0 Å². The number of nitrogens with zero attached hydrogens (tertiary/aromatic N) is 1. The van der Waals surface area contributed by atoms with Gasteiger partial charge in [0.15, 0.2) is 0 Å². The number of carbonyl (C=O) groups excluding carboxylic acids is 1. The molecule has 4 nitrogen and oxygen atoms in total. The highest BCUT2D eigenvalue weighted by atomic mass is 16.5. The van der Waals surface area contributed by atoms with E-state index in [9.17, 15) is 4.79 Å². The topological polar surface area (TPSA) is 41.6 Å². The molecule has 1 aromatic rings. The molecule has 3 aliphatic rings. The third-order valence-corrected chi connectivity index (χ3v) is 6.12. The van der Waals surface area contributed by atoms with Crippen LogP contribution in [0.25, 0.3) is 0 Å². The molecule has 4 rings (SSSR count). The summed E-state index contributed by atoms with van der Waals surface area (Å²) in [5.41, 5.74) is 1.18. The lowest BCUT2D eigenvalue weighted by molar-refractivity contribution is -0.137. The molecule has 0 saturated carbocycles. The van der Waals surface area contributed by atoms with E-state index >= 15 is 0 Å². The molecule has 1 amide bonds. The highest BCUT2D eigenvalue weighted by Gasteiger charge is 2.48. The number of hydrogen-bond acceptors (Lipinski definition) is 3. The second kappa shape index (κ2) is 7.30. The first-order chi connectivity index (χ1) is 12.3. The second-order valence-corrected chi connectivity index (χ2v) is 7.61. The molecule has 3 heterocycles. The number of carbonyl (C=O) groups is 1. The van der Waals surface area contributed by atoms with E-state index in [-0.39, 0.29) is 24.0 Å². The zero-order valence-corrected chi connectivity index (χ0v) is 14.8. The Morgan fingerprint density at radius 1 is 1.20 bits per heavy atom. The van der Waals surface area contributed by atoms with Crippen LogP contribution in [0.15, 0.2) is 43.0 Å². The average Bonchev–Trinajstić information content (AvgIpc) is 3.03. The molecular formula is C21H28N2O2. The van der Waals surface area contributed by atoms with E-state index in [2.05, 4.69) is 35.0 Å². The van der Waals surface area contributed by atoms with Crippen LogP contribution in [-0.2, 0) is 16.1 Å². The number of piperidine rings is 1. The van der Waals surface area contributed by atoms with Gasteiger partial charge in [-0.2, -0.15) is 0 Å². The summed E-state index contributed by atoms with van der Waals surface area (Å²) in [6.45, 7) is 5.31. The van der Waals surface area contributed by atoms with Crippen molar-refractivity contribution < 1.29 is 9.53 Å². The summed E-state index contributed by atoms with van der Waals surface area (Å²) in [6, 6.07) is 11.1. The summed E-state index contributed by atoms with van der Waals surface area (Å²) in [6.07, 6.45) is 7.42. The van der Waals surface area contributed by atoms with Crippen LogP contribution in [-0.4, -0.2) is 41.6 Å². The SMILES string of the molecule is C=C[C@@H]1[C@@H]2CCCC(N2)C(=O)N2[C@H](COCc3ccccc3)CC[C@@H]12. The molecule has 1 N–H and O–H groups in total. The fourth-order valence-corrected chi connectivity index (χ4v) is 4.92. The molecular weight excluding hydrogens is 312 g/mol. The summed E-state index contributed by atoms with van der Waals surface area (Å²) in [5.74, 6) is 0.637. The Bertz CT molecular complexity index is 618. The highest BCUT2D eigenvalue weighted by Crippen LogP contribution is 2.38. The van der Waals surface area contributed by atoms with Gasteiger partial charge >= 0.3 is 0 Å². The molecule has 1 unspecified atom stereocenters. The zero-order valence-electron chi connectivity index (χ0n) is 14.8. The summed E-state index contributed by atoms with van der Waals surface area (Å²) >= 11 is 0. The van der Waals surface area contributed by atoms with Crippen LogP contribution < -0.4 is 5.32 Å². The minimum Gasteiger partial charge on any atom is -0.375 e. The molecule has 3 fully saturated rings. The van der Waals surface area contributed by atoms with Crippen molar-refractivity contribution in [3.63, 3.8) is 0 Å². The Balaban J connectivity index is 1.46. The van der Waals surface area contributed by atoms with Crippen LogP contribution in [0.1, 0.15) is 37.7 Å². The maximum atomic E-state index is 13.1. The molecule has 0 aromatic heterocycles. The predicted molar refractivity (Wildman–Crippen MR) is 98.0 cm³/mol. The van der Waals surface area contributed by atoms with Gasteiger partial charge in [-0.25, -0.2) is 0 Å². The van der Waals surface area contributed by atoms with Gasteiger partial charge in [0.1, 0.15) is 0 Å². The van der Waals surface area contributed by atoms with Gasteiger partial charge in [-0.3, -0.25) is 4.79 Å². The third kappa shape index (κ3) is 3.25. The number of amides is 1. The summed E-state index contributed by atoms with van der Waals surface area (Å²) in [5, 5.41) is 3.59. The Kier molecular flexibility index (Phi) is 4.91. The van der Waals surface area contributed by atoms with Crippen molar-refractivity contribution >= 4 is 5.91 Å². The van der Waals surface area contributed by atoms with Crippen LogP contribution in [0.3, 0.4) is 0 Å². The van der Waals surface area contributed by atoms with Crippen molar-refractivity contribution in [2.24, 2.45) is 5.92 Å². The summed E-state index contributed by atoms with van der Waals surface area (Å²) < 4.78 is 5.98. The van der Waals surface area contributed by atoms with Crippen LogP contribution in [0.4, 0.5) is 0 Å². The number of rotatable bonds is 5. The van der Waals surface area contributed by atoms with Gasteiger partial charge in [0.2, 0.25) is 5.91 Å². The van der Waals surface area contributed by atoms with E-state index in [0.717, 1.165) is 32.1 Å². The van der Waals surface area contributed by atoms with Gasteiger partial charge in [0.05, 0.1) is 25.3 Å². The number of ether oxygens (including phenoxy) is 1. The Morgan fingerprint density at radius 3 is 2.84 bits per heavy atom. The van der Waals surface area contributed by atoms with Crippen molar-refractivity contribution in [1.29, 1.82) is 0 Å². The number of hydrogen-bond donors (Lipinski definition) is 1. The average molecular weight is 340 g/mol. The van der Waals surface area contributed by atoms with Crippen molar-refractivity contribution in [3.05, 3.63) is 48.6 Å². The molecule has 25 heavy (non-hydrogen) atoms. The first kappa shape index (κ1) is 16.8. The van der Waals surface area contributed by atoms with Crippen LogP contribution >= 0.6 is 0 Å². The van der Waals surface area contributed by atoms with Crippen molar-refractivity contribution in [2.75, 3.05) is 6.61 Å². The van der Waals surface area contributed by atoms with Crippen molar-refractivity contribution in [1.82, 2.24) is 10.2 Å². The highest BCUT2D eigenvalue weighted by molar-refractivity contribution is 5.83. The predicted octanol–water partition coefficient (Wildman–Crippen LogP) is 2.89. The van der Waals surface area contributed by atoms with Gasteiger partial charge < -0.3 is 15.0 Å². The van der Waals surface area contributed by atoms with Crippen LogP contribution in [0.2, 0.25) is 0 Å². The maximum absolute atomic E-state index is 13.1. The molecule has 134 valence electrons. The number of nitrogens with one attached hydrogen (secondary N) is 1. The van der Waals surface area contributed by atoms with E-state index in [1.54, 1.807) is 0 Å². The second-order valence-electron chi connectivity index (χ2n) is 7.61. The quantitative estimate of drug-likeness (QED) is 0.838. The fourth-order valence-electron chi connectivity index (χ4n) is 4.92. The summed E-state index contributed by atoms with van der Waals surface area (Å²) in [7, 11) is 0. The van der Waals surface area contributed by atoms with Gasteiger partial charge in [-0.05, 0) is 37.7 Å². The minimum atomic E-state index is -0.0130. The van der Waals surface area contributed by atoms with Crippen molar-refractivity contribution in [3.8, 4) is 0 Å².